The molecular weight excluding hydrogens is 324 g/mol. The van der Waals surface area contributed by atoms with Crippen molar-refractivity contribution in [2.24, 2.45) is 0 Å². The molecular formula is C18H19BrN2. The van der Waals surface area contributed by atoms with E-state index in [2.05, 4.69) is 63.7 Å². The summed E-state index contributed by atoms with van der Waals surface area (Å²) >= 11 is 3.53. The maximum atomic E-state index is 6.14. The number of nitrogens with two attached hydrogens (primary N) is 1. The van der Waals surface area contributed by atoms with E-state index in [0.29, 0.717) is 6.04 Å². The number of benzene rings is 2. The fourth-order valence-electron chi connectivity index (χ4n) is 2.81. The molecule has 0 aliphatic carbocycles. The quantitative estimate of drug-likeness (QED) is 0.826. The first kappa shape index (κ1) is 14.4. The molecule has 3 N–H and O–H groups in total. The molecule has 0 radical (unpaired) electrons. The van der Waals surface area contributed by atoms with Crippen LogP contribution >= 0.6 is 15.9 Å². The maximum absolute atomic E-state index is 6.14. The van der Waals surface area contributed by atoms with Crippen LogP contribution < -0.4 is 11.1 Å². The summed E-state index contributed by atoms with van der Waals surface area (Å²) in [5.41, 5.74) is 10.8. The first-order valence-electron chi connectivity index (χ1n) is 7.26. The van der Waals surface area contributed by atoms with E-state index in [0.717, 1.165) is 35.1 Å². The van der Waals surface area contributed by atoms with Gasteiger partial charge in [-0.15, -0.1) is 0 Å². The predicted octanol–water partition coefficient (Wildman–Crippen LogP) is 4.02. The van der Waals surface area contributed by atoms with Crippen molar-refractivity contribution < 1.29 is 0 Å². The Kier molecular flexibility index (Phi) is 4.42. The lowest BCUT2D eigenvalue weighted by atomic mass is 9.93. The number of rotatable bonds is 3. The van der Waals surface area contributed by atoms with Crippen molar-refractivity contribution in [2.75, 3.05) is 12.3 Å². The van der Waals surface area contributed by atoms with Crippen LogP contribution in [-0.2, 0) is 6.42 Å². The van der Waals surface area contributed by atoms with Gasteiger partial charge in [-0.05, 0) is 48.7 Å². The van der Waals surface area contributed by atoms with Crippen LogP contribution in [-0.4, -0.2) is 12.6 Å². The van der Waals surface area contributed by atoms with E-state index in [4.69, 9.17) is 5.73 Å². The average molecular weight is 343 g/mol. The zero-order valence-corrected chi connectivity index (χ0v) is 13.4. The summed E-state index contributed by atoms with van der Waals surface area (Å²) in [7, 11) is 0. The van der Waals surface area contributed by atoms with E-state index < -0.39 is 0 Å². The molecule has 2 aromatic rings. The third-order valence-corrected chi connectivity index (χ3v) is 4.36. The van der Waals surface area contributed by atoms with E-state index in [1.54, 1.807) is 0 Å². The van der Waals surface area contributed by atoms with Crippen molar-refractivity contribution in [3.63, 3.8) is 0 Å². The van der Waals surface area contributed by atoms with Crippen LogP contribution in [0.25, 0.3) is 5.57 Å². The lowest BCUT2D eigenvalue weighted by Crippen LogP contribution is -2.33. The van der Waals surface area contributed by atoms with Gasteiger partial charge in [0.1, 0.15) is 0 Å². The largest absolute Gasteiger partial charge is 0.398 e. The summed E-state index contributed by atoms with van der Waals surface area (Å²) in [5.74, 6) is 0. The van der Waals surface area contributed by atoms with Gasteiger partial charge >= 0.3 is 0 Å². The van der Waals surface area contributed by atoms with Crippen LogP contribution in [0, 0.1) is 0 Å². The molecule has 0 saturated carbocycles. The van der Waals surface area contributed by atoms with Crippen LogP contribution in [0.3, 0.4) is 0 Å². The van der Waals surface area contributed by atoms with Gasteiger partial charge in [0.15, 0.2) is 0 Å². The van der Waals surface area contributed by atoms with Crippen LogP contribution in [0.1, 0.15) is 17.5 Å². The topological polar surface area (TPSA) is 38.0 Å². The SMILES string of the molecule is Nc1ccc(Br)cc1C1=CC(Cc2ccccc2)NCC1. The van der Waals surface area contributed by atoms with Crippen molar-refractivity contribution in [1.82, 2.24) is 5.32 Å². The molecule has 0 aromatic heterocycles. The molecule has 108 valence electrons. The lowest BCUT2D eigenvalue weighted by molar-refractivity contribution is 0.579. The minimum Gasteiger partial charge on any atom is -0.398 e. The predicted molar refractivity (Wildman–Crippen MR) is 93.1 cm³/mol. The number of anilines is 1. The summed E-state index contributed by atoms with van der Waals surface area (Å²) in [5, 5.41) is 3.57. The van der Waals surface area contributed by atoms with E-state index >= 15 is 0 Å². The number of nitrogen functional groups attached to an aromatic ring is 1. The van der Waals surface area contributed by atoms with E-state index in [1.165, 1.54) is 11.1 Å². The van der Waals surface area contributed by atoms with Gasteiger partial charge < -0.3 is 11.1 Å². The highest BCUT2D eigenvalue weighted by Gasteiger charge is 2.16. The Balaban J connectivity index is 1.84. The zero-order chi connectivity index (χ0) is 14.7. The third-order valence-electron chi connectivity index (χ3n) is 3.86. The molecule has 1 aliphatic rings. The second-order valence-electron chi connectivity index (χ2n) is 5.42. The van der Waals surface area contributed by atoms with E-state index in [1.807, 2.05) is 12.1 Å². The second-order valence-corrected chi connectivity index (χ2v) is 6.34. The molecule has 21 heavy (non-hydrogen) atoms. The molecule has 2 nitrogen and oxygen atoms in total. The molecule has 3 rings (SSSR count). The molecule has 3 heteroatoms. The van der Waals surface area contributed by atoms with Crippen LogP contribution in [0.15, 0.2) is 59.1 Å². The number of nitrogens with one attached hydrogen (secondary N) is 1. The molecule has 0 amide bonds. The summed E-state index contributed by atoms with van der Waals surface area (Å²) in [6.07, 6.45) is 4.36. The number of halogens is 1. The van der Waals surface area contributed by atoms with Crippen molar-refractivity contribution >= 4 is 27.2 Å². The highest BCUT2D eigenvalue weighted by atomic mass is 79.9. The Morgan fingerprint density at radius 1 is 1.14 bits per heavy atom. The summed E-state index contributed by atoms with van der Waals surface area (Å²) < 4.78 is 1.07. The van der Waals surface area contributed by atoms with Gasteiger partial charge in [-0.2, -0.15) is 0 Å². The first-order chi connectivity index (χ1) is 10.2. The summed E-state index contributed by atoms with van der Waals surface area (Å²) in [4.78, 5) is 0. The Labute approximate surface area is 134 Å². The maximum Gasteiger partial charge on any atom is 0.0391 e. The molecule has 2 aromatic carbocycles. The summed E-state index contributed by atoms with van der Waals surface area (Å²) in [6, 6.07) is 17.0. The molecule has 0 fully saturated rings. The molecule has 1 aliphatic heterocycles. The molecule has 0 saturated heterocycles. The van der Waals surface area contributed by atoms with Crippen LogP contribution in [0.4, 0.5) is 5.69 Å². The second kappa shape index (κ2) is 6.46. The Bertz CT molecular complexity index is 650. The number of hydrogen-bond acceptors (Lipinski definition) is 2. The minimum atomic E-state index is 0.370. The summed E-state index contributed by atoms with van der Waals surface area (Å²) in [6.45, 7) is 0.995. The van der Waals surface area contributed by atoms with Gasteiger partial charge in [-0.3, -0.25) is 0 Å². The average Bonchev–Trinajstić information content (AvgIpc) is 2.51. The smallest absolute Gasteiger partial charge is 0.0391 e. The Hall–Kier alpha value is -1.58. The zero-order valence-electron chi connectivity index (χ0n) is 11.9. The standard InChI is InChI=1S/C18H19BrN2/c19-15-6-7-18(20)17(12-15)14-8-9-21-16(11-14)10-13-4-2-1-3-5-13/h1-7,11-12,16,21H,8-10,20H2. The third kappa shape index (κ3) is 3.55. The highest BCUT2D eigenvalue weighted by Crippen LogP contribution is 2.29. The Morgan fingerprint density at radius 3 is 2.76 bits per heavy atom. The fourth-order valence-corrected chi connectivity index (χ4v) is 3.17. The van der Waals surface area contributed by atoms with E-state index in [9.17, 15) is 0 Å². The monoisotopic (exact) mass is 342 g/mol. The number of hydrogen-bond donors (Lipinski definition) is 2. The van der Waals surface area contributed by atoms with E-state index in [-0.39, 0.29) is 0 Å². The fraction of sp³-hybridized carbons (Fsp3) is 0.222. The van der Waals surface area contributed by atoms with Crippen molar-refractivity contribution in [1.29, 1.82) is 0 Å². The van der Waals surface area contributed by atoms with Crippen molar-refractivity contribution in [2.45, 2.75) is 18.9 Å². The van der Waals surface area contributed by atoms with Gasteiger partial charge in [0, 0.05) is 21.8 Å². The van der Waals surface area contributed by atoms with Crippen molar-refractivity contribution in [3.05, 3.63) is 70.2 Å². The van der Waals surface area contributed by atoms with Crippen molar-refractivity contribution in [3.8, 4) is 0 Å². The minimum absolute atomic E-state index is 0.370. The molecule has 1 atom stereocenters. The molecule has 0 spiro atoms. The highest BCUT2D eigenvalue weighted by molar-refractivity contribution is 9.10. The molecule has 1 unspecified atom stereocenters. The van der Waals surface area contributed by atoms with Gasteiger partial charge in [-0.25, -0.2) is 0 Å². The Morgan fingerprint density at radius 2 is 1.95 bits per heavy atom. The van der Waals surface area contributed by atoms with Crippen LogP contribution in [0.5, 0.6) is 0 Å². The van der Waals surface area contributed by atoms with Crippen LogP contribution in [0.2, 0.25) is 0 Å². The van der Waals surface area contributed by atoms with Gasteiger partial charge in [-0.1, -0.05) is 52.3 Å². The lowest BCUT2D eigenvalue weighted by Gasteiger charge is -2.24. The van der Waals surface area contributed by atoms with Gasteiger partial charge in [0.05, 0.1) is 0 Å². The van der Waals surface area contributed by atoms with Gasteiger partial charge in [0.25, 0.3) is 0 Å². The van der Waals surface area contributed by atoms with Gasteiger partial charge in [0.2, 0.25) is 0 Å². The molecule has 0 bridgehead atoms. The molecule has 1 heterocycles. The first-order valence-corrected chi connectivity index (χ1v) is 8.05. The normalized spacial score (nSPS) is 18.3.